The predicted octanol–water partition coefficient (Wildman–Crippen LogP) is 0.939. The van der Waals surface area contributed by atoms with Crippen molar-refractivity contribution in [1.82, 2.24) is 0 Å². The lowest BCUT2D eigenvalue weighted by atomic mass is 10.2. The second-order valence-electron chi connectivity index (χ2n) is 2.23. The maximum absolute atomic E-state index is 10.5. The monoisotopic (exact) mass is 177 g/mol. The van der Waals surface area contributed by atoms with Crippen LogP contribution in [0.1, 0.15) is 5.56 Å². The van der Waals surface area contributed by atoms with Crippen molar-refractivity contribution >= 4 is 5.69 Å². The van der Waals surface area contributed by atoms with Crippen molar-refractivity contribution in [3.05, 3.63) is 39.9 Å². The van der Waals surface area contributed by atoms with Crippen LogP contribution in [0.5, 0.6) is 0 Å². The van der Waals surface area contributed by atoms with Gasteiger partial charge in [-0.05, 0) is 6.07 Å². The maximum Gasteiger partial charge on any atom is 0.284 e. The van der Waals surface area contributed by atoms with Crippen LogP contribution in [0.3, 0.4) is 0 Å². The van der Waals surface area contributed by atoms with Gasteiger partial charge < -0.3 is 5.11 Å². The number of hydrogen-bond acceptors (Lipinski definition) is 3. The Morgan fingerprint density at radius 3 is 2.77 bits per heavy atom. The number of aliphatic hydroxyl groups excluding tert-OH is 1. The van der Waals surface area contributed by atoms with E-state index in [1.165, 1.54) is 6.07 Å². The third-order valence-corrected chi connectivity index (χ3v) is 1.40. The second-order valence-corrected chi connectivity index (χ2v) is 2.23. The molecule has 0 heterocycles. The minimum atomic E-state index is -0.499. The van der Waals surface area contributed by atoms with Crippen molar-refractivity contribution in [2.45, 2.75) is 0 Å². The molecule has 0 aliphatic carbocycles. The smallest absolute Gasteiger partial charge is 0.284 e. The molecule has 0 spiro atoms. The molecule has 0 fully saturated rings. The van der Waals surface area contributed by atoms with Crippen molar-refractivity contribution in [3.63, 3.8) is 0 Å². The highest BCUT2D eigenvalue weighted by atomic mass is 16.6. The zero-order valence-electron chi connectivity index (χ0n) is 6.73. The zero-order chi connectivity index (χ0) is 9.68. The molecule has 0 radical (unpaired) electrons. The van der Waals surface area contributed by atoms with Gasteiger partial charge in [0.05, 0.1) is 4.92 Å². The van der Waals surface area contributed by atoms with Crippen LogP contribution in [0.2, 0.25) is 0 Å². The highest BCUT2D eigenvalue weighted by molar-refractivity contribution is 5.50. The summed E-state index contributed by atoms with van der Waals surface area (Å²) in [6, 6.07) is 6.15. The van der Waals surface area contributed by atoms with Gasteiger partial charge in [-0.15, -0.1) is 0 Å². The first kappa shape index (κ1) is 9.23. The Balaban J connectivity index is 3.12. The van der Waals surface area contributed by atoms with Crippen LogP contribution in [-0.2, 0) is 0 Å². The lowest BCUT2D eigenvalue weighted by molar-refractivity contribution is -0.385. The Morgan fingerprint density at radius 2 is 2.15 bits per heavy atom. The SMILES string of the molecule is O=[N+]([O-])c1ccccc1C#CCO. The first-order chi connectivity index (χ1) is 6.25. The van der Waals surface area contributed by atoms with E-state index in [4.69, 9.17) is 5.11 Å². The fraction of sp³-hybridized carbons (Fsp3) is 0.111. The molecular formula is C9H7NO3. The average molecular weight is 177 g/mol. The van der Waals surface area contributed by atoms with Crippen molar-refractivity contribution in [3.8, 4) is 11.8 Å². The van der Waals surface area contributed by atoms with E-state index >= 15 is 0 Å². The molecule has 4 nitrogen and oxygen atoms in total. The average Bonchev–Trinajstić information content (AvgIpc) is 2.15. The van der Waals surface area contributed by atoms with Crippen molar-refractivity contribution in [2.24, 2.45) is 0 Å². The van der Waals surface area contributed by atoms with Gasteiger partial charge in [0.2, 0.25) is 0 Å². The van der Waals surface area contributed by atoms with Crippen LogP contribution >= 0.6 is 0 Å². The summed E-state index contributed by atoms with van der Waals surface area (Å²) >= 11 is 0. The molecule has 1 N–H and O–H groups in total. The topological polar surface area (TPSA) is 63.4 Å². The van der Waals surface area contributed by atoms with E-state index in [0.717, 1.165) is 0 Å². The molecule has 4 heteroatoms. The third kappa shape index (κ3) is 2.29. The minimum absolute atomic E-state index is 0.0385. The number of hydrogen-bond donors (Lipinski definition) is 1. The largest absolute Gasteiger partial charge is 0.384 e. The molecule has 1 rings (SSSR count). The molecule has 0 aromatic heterocycles. The number of nitro groups is 1. The van der Waals surface area contributed by atoms with Gasteiger partial charge in [0, 0.05) is 6.07 Å². The van der Waals surface area contributed by atoms with E-state index in [0.29, 0.717) is 5.56 Å². The summed E-state index contributed by atoms with van der Waals surface area (Å²) in [6.07, 6.45) is 0. The summed E-state index contributed by atoms with van der Waals surface area (Å²) in [7, 11) is 0. The van der Waals surface area contributed by atoms with E-state index in [1.807, 2.05) is 0 Å². The molecule has 0 aliphatic rings. The lowest BCUT2D eigenvalue weighted by Crippen LogP contribution is -1.91. The van der Waals surface area contributed by atoms with Crippen LogP contribution in [0.4, 0.5) is 5.69 Å². The molecule has 0 atom stereocenters. The molecule has 0 unspecified atom stereocenters. The summed E-state index contributed by atoms with van der Waals surface area (Å²) in [5, 5.41) is 18.9. The van der Waals surface area contributed by atoms with Crippen LogP contribution in [0.15, 0.2) is 24.3 Å². The standard InChI is InChI=1S/C9H7NO3/c11-7-3-5-8-4-1-2-6-9(8)10(12)13/h1-2,4,6,11H,7H2. The van der Waals surface area contributed by atoms with E-state index in [-0.39, 0.29) is 12.3 Å². The quantitative estimate of drug-likeness (QED) is 0.394. The molecule has 0 saturated carbocycles. The number of nitrogens with zero attached hydrogens (tertiary/aromatic N) is 1. The first-order valence-electron chi connectivity index (χ1n) is 3.59. The van der Waals surface area contributed by atoms with E-state index in [9.17, 15) is 10.1 Å². The van der Waals surface area contributed by atoms with Crippen molar-refractivity contribution in [2.75, 3.05) is 6.61 Å². The fourth-order valence-corrected chi connectivity index (χ4v) is 0.873. The molecule has 1 aromatic carbocycles. The van der Waals surface area contributed by atoms with Gasteiger partial charge >= 0.3 is 0 Å². The minimum Gasteiger partial charge on any atom is -0.384 e. The van der Waals surface area contributed by atoms with Gasteiger partial charge in [-0.25, -0.2) is 0 Å². The summed E-state index contributed by atoms with van der Waals surface area (Å²) in [4.78, 5) is 9.96. The second kappa shape index (κ2) is 4.24. The number of benzene rings is 1. The zero-order valence-corrected chi connectivity index (χ0v) is 6.73. The van der Waals surface area contributed by atoms with Gasteiger partial charge in [-0.1, -0.05) is 24.0 Å². The Morgan fingerprint density at radius 1 is 1.46 bits per heavy atom. The van der Waals surface area contributed by atoms with Gasteiger partial charge in [0.1, 0.15) is 12.2 Å². The Labute approximate surface area is 75.0 Å². The summed E-state index contributed by atoms with van der Waals surface area (Å²) in [5.41, 5.74) is 0.282. The molecule has 0 amide bonds. The number of rotatable bonds is 1. The highest BCUT2D eigenvalue weighted by Gasteiger charge is 2.08. The molecule has 13 heavy (non-hydrogen) atoms. The molecule has 0 aliphatic heterocycles. The van der Waals surface area contributed by atoms with Crippen molar-refractivity contribution in [1.29, 1.82) is 0 Å². The van der Waals surface area contributed by atoms with Crippen LogP contribution < -0.4 is 0 Å². The summed E-state index contributed by atoms with van der Waals surface area (Å²) < 4.78 is 0. The normalized spacial score (nSPS) is 8.69. The van der Waals surface area contributed by atoms with E-state index < -0.39 is 4.92 Å². The third-order valence-electron chi connectivity index (χ3n) is 1.40. The number of nitro benzene ring substituents is 1. The van der Waals surface area contributed by atoms with Gasteiger partial charge in [-0.3, -0.25) is 10.1 Å². The van der Waals surface area contributed by atoms with Gasteiger partial charge in [0.25, 0.3) is 5.69 Å². The predicted molar refractivity (Wildman–Crippen MR) is 47.1 cm³/mol. The summed E-state index contributed by atoms with van der Waals surface area (Å²) in [5.74, 6) is 4.86. The van der Waals surface area contributed by atoms with Crippen LogP contribution in [0, 0.1) is 22.0 Å². The fourth-order valence-electron chi connectivity index (χ4n) is 0.873. The van der Waals surface area contributed by atoms with E-state index in [1.54, 1.807) is 18.2 Å². The molecular weight excluding hydrogens is 170 g/mol. The molecule has 0 saturated heterocycles. The van der Waals surface area contributed by atoms with Crippen molar-refractivity contribution < 1.29 is 10.0 Å². The Kier molecular flexibility index (Phi) is 3.01. The highest BCUT2D eigenvalue weighted by Crippen LogP contribution is 2.15. The lowest BCUT2D eigenvalue weighted by Gasteiger charge is -1.92. The van der Waals surface area contributed by atoms with Crippen LogP contribution in [-0.4, -0.2) is 16.6 Å². The maximum atomic E-state index is 10.5. The van der Waals surface area contributed by atoms with Gasteiger partial charge in [-0.2, -0.15) is 0 Å². The molecule has 66 valence electrons. The summed E-state index contributed by atoms with van der Waals surface area (Å²) in [6.45, 7) is -0.300. The Bertz CT molecular complexity index is 376. The van der Waals surface area contributed by atoms with Crippen LogP contribution in [0.25, 0.3) is 0 Å². The Hall–Kier alpha value is -1.86. The molecule has 0 bridgehead atoms. The molecule has 1 aromatic rings. The van der Waals surface area contributed by atoms with Gasteiger partial charge in [0.15, 0.2) is 0 Å². The number of para-hydroxylation sites is 1. The first-order valence-corrected chi connectivity index (χ1v) is 3.59. The van der Waals surface area contributed by atoms with E-state index in [2.05, 4.69) is 11.8 Å². The number of aliphatic hydroxyl groups is 1.